The van der Waals surface area contributed by atoms with Crippen LogP contribution in [0, 0.1) is 0 Å². The summed E-state index contributed by atoms with van der Waals surface area (Å²) in [5.74, 6) is 0.577. The van der Waals surface area contributed by atoms with E-state index >= 15 is 0 Å². The van der Waals surface area contributed by atoms with Gasteiger partial charge in [0.2, 0.25) is 0 Å². The van der Waals surface area contributed by atoms with E-state index in [9.17, 15) is 9.59 Å². The summed E-state index contributed by atoms with van der Waals surface area (Å²) in [7, 11) is 1.63. The first kappa shape index (κ1) is 20.8. The molecule has 168 valence electrons. The van der Waals surface area contributed by atoms with Crippen molar-refractivity contribution in [2.75, 3.05) is 13.7 Å². The number of nitrogens with zero attached hydrogens (tertiary/aromatic N) is 4. The third-order valence-electron chi connectivity index (χ3n) is 6.02. The van der Waals surface area contributed by atoms with Crippen LogP contribution in [0.5, 0.6) is 5.75 Å². The van der Waals surface area contributed by atoms with Gasteiger partial charge < -0.3 is 14.1 Å². The highest BCUT2D eigenvalue weighted by molar-refractivity contribution is 5.92. The quantitative estimate of drug-likeness (QED) is 0.457. The highest BCUT2D eigenvalue weighted by Gasteiger charge is 2.30. The molecule has 0 atom stereocenters. The largest absolute Gasteiger partial charge is 0.497 e. The molecule has 5 rings (SSSR count). The lowest BCUT2D eigenvalue weighted by Gasteiger charge is -2.27. The van der Waals surface area contributed by atoms with E-state index in [2.05, 4.69) is 4.98 Å². The fraction of sp³-hybridized carbons (Fsp3) is 0.240. The molecule has 1 aliphatic heterocycles. The van der Waals surface area contributed by atoms with E-state index in [0.29, 0.717) is 32.6 Å². The number of benzene rings is 2. The third-order valence-corrected chi connectivity index (χ3v) is 6.02. The Morgan fingerprint density at radius 1 is 1.03 bits per heavy atom. The third kappa shape index (κ3) is 4.07. The fourth-order valence-electron chi connectivity index (χ4n) is 4.28. The summed E-state index contributed by atoms with van der Waals surface area (Å²) < 4.78 is 14.0. The molecule has 0 bridgehead atoms. The first-order chi connectivity index (χ1) is 16.1. The summed E-state index contributed by atoms with van der Waals surface area (Å²) >= 11 is 0. The Balaban J connectivity index is 1.54. The number of hydrogen-bond donors (Lipinski definition) is 0. The minimum absolute atomic E-state index is 0.00380. The summed E-state index contributed by atoms with van der Waals surface area (Å²) in [6, 6.07) is 17.7. The molecule has 0 spiro atoms. The van der Waals surface area contributed by atoms with Gasteiger partial charge in [0.1, 0.15) is 12.0 Å². The Kier molecular flexibility index (Phi) is 5.56. The predicted octanol–water partition coefficient (Wildman–Crippen LogP) is 2.94. The van der Waals surface area contributed by atoms with Crippen molar-refractivity contribution in [3.05, 3.63) is 106 Å². The van der Waals surface area contributed by atoms with Crippen molar-refractivity contribution in [1.29, 1.82) is 0 Å². The highest BCUT2D eigenvalue weighted by Crippen LogP contribution is 2.21. The zero-order valence-corrected chi connectivity index (χ0v) is 18.3. The predicted molar refractivity (Wildman–Crippen MR) is 121 cm³/mol. The smallest absolute Gasteiger partial charge is 0.276 e. The van der Waals surface area contributed by atoms with Crippen LogP contribution in [0.1, 0.15) is 32.9 Å². The van der Waals surface area contributed by atoms with E-state index in [4.69, 9.17) is 9.15 Å². The molecule has 0 unspecified atom stereocenters. The molecule has 0 saturated carbocycles. The number of ether oxygens (including phenoxy) is 1. The molecular weight excluding hydrogens is 420 g/mol. The van der Waals surface area contributed by atoms with Crippen molar-refractivity contribution in [2.24, 2.45) is 0 Å². The summed E-state index contributed by atoms with van der Waals surface area (Å²) in [6.07, 6.45) is 3.10. The standard InChI is InChI=1S/C25H24N4O4/c1-32-20-9-7-19(8-10-20)13-28-23-15-27(25(31)22-16-33-17-26-22)12-11-21(23)24(30)29(28)14-18-5-3-2-4-6-18/h2-10,16-17H,11-15H2,1H3. The summed E-state index contributed by atoms with van der Waals surface area (Å²) in [6.45, 7) is 1.77. The van der Waals surface area contributed by atoms with Crippen molar-refractivity contribution in [1.82, 2.24) is 19.2 Å². The molecular formula is C25H24N4O4. The van der Waals surface area contributed by atoms with E-state index in [1.165, 1.54) is 12.7 Å². The second kappa shape index (κ2) is 8.82. The van der Waals surface area contributed by atoms with Crippen LogP contribution in [0.15, 0.2) is 76.5 Å². The maximum atomic E-state index is 13.4. The number of fused-ring (bicyclic) bond motifs is 1. The van der Waals surface area contributed by atoms with Gasteiger partial charge in [-0.1, -0.05) is 42.5 Å². The minimum Gasteiger partial charge on any atom is -0.497 e. The molecule has 8 heteroatoms. The topological polar surface area (TPSA) is 82.5 Å². The molecule has 1 aliphatic rings. The van der Waals surface area contributed by atoms with E-state index in [1.54, 1.807) is 16.7 Å². The molecule has 0 N–H and O–H groups in total. The van der Waals surface area contributed by atoms with Crippen LogP contribution in [0.25, 0.3) is 0 Å². The van der Waals surface area contributed by atoms with Crippen LogP contribution in [0.3, 0.4) is 0 Å². The normalized spacial score (nSPS) is 13.1. The molecule has 0 fully saturated rings. The summed E-state index contributed by atoms with van der Waals surface area (Å²) in [5.41, 5.74) is 3.97. The van der Waals surface area contributed by atoms with Gasteiger partial charge in [0.15, 0.2) is 12.1 Å². The van der Waals surface area contributed by atoms with Gasteiger partial charge in [0.25, 0.3) is 11.5 Å². The van der Waals surface area contributed by atoms with E-state index < -0.39 is 0 Å². The van der Waals surface area contributed by atoms with E-state index in [0.717, 1.165) is 28.1 Å². The van der Waals surface area contributed by atoms with Crippen molar-refractivity contribution >= 4 is 5.91 Å². The first-order valence-electron chi connectivity index (χ1n) is 10.8. The molecule has 4 aromatic rings. The lowest BCUT2D eigenvalue weighted by molar-refractivity contribution is 0.0723. The van der Waals surface area contributed by atoms with Gasteiger partial charge in [-0.3, -0.25) is 14.3 Å². The molecule has 0 radical (unpaired) electrons. The van der Waals surface area contributed by atoms with Crippen molar-refractivity contribution in [3.8, 4) is 5.75 Å². The Morgan fingerprint density at radius 2 is 1.76 bits per heavy atom. The summed E-state index contributed by atoms with van der Waals surface area (Å²) in [4.78, 5) is 32.0. The second-order valence-corrected chi connectivity index (χ2v) is 8.03. The van der Waals surface area contributed by atoms with Gasteiger partial charge in [-0.05, 0) is 29.7 Å². The maximum Gasteiger partial charge on any atom is 0.276 e. The van der Waals surface area contributed by atoms with Gasteiger partial charge >= 0.3 is 0 Å². The van der Waals surface area contributed by atoms with Gasteiger partial charge in [0, 0.05) is 12.1 Å². The van der Waals surface area contributed by atoms with Gasteiger partial charge in [-0.2, -0.15) is 0 Å². The Labute approximate surface area is 190 Å². The van der Waals surface area contributed by atoms with Crippen LogP contribution in [-0.4, -0.2) is 38.8 Å². The first-order valence-corrected chi connectivity index (χ1v) is 10.8. The fourth-order valence-corrected chi connectivity index (χ4v) is 4.28. The van der Waals surface area contributed by atoms with E-state index in [1.807, 2.05) is 59.3 Å². The van der Waals surface area contributed by atoms with Crippen LogP contribution in [0.2, 0.25) is 0 Å². The lowest BCUT2D eigenvalue weighted by Crippen LogP contribution is -2.37. The monoisotopic (exact) mass is 444 g/mol. The SMILES string of the molecule is COc1ccc(Cn2c3c(c(=O)n2Cc2ccccc2)CCN(C(=O)c2cocn2)C3)cc1. The summed E-state index contributed by atoms with van der Waals surface area (Å²) in [5, 5.41) is 0. The number of methoxy groups -OCH3 is 1. The molecule has 1 amide bonds. The highest BCUT2D eigenvalue weighted by atomic mass is 16.5. The molecule has 8 nitrogen and oxygen atoms in total. The lowest BCUT2D eigenvalue weighted by atomic mass is 10.1. The number of amides is 1. The van der Waals surface area contributed by atoms with Crippen LogP contribution in [-0.2, 0) is 26.1 Å². The zero-order chi connectivity index (χ0) is 22.8. The zero-order valence-electron chi connectivity index (χ0n) is 18.3. The minimum atomic E-state index is -0.200. The molecule has 0 aliphatic carbocycles. The Bertz CT molecular complexity index is 1310. The Morgan fingerprint density at radius 3 is 2.45 bits per heavy atom. The molecule has 3 heterocycles. The molecule has 2 aromatic heterocycles. The van der Waals surface area contributed by atoms with Crippen molar-refractivity contribution in [2.45, 2.75) is 26.1 Å². The van der Waals surface area contributed by atoms with Crippen LogP contribution >= 0.6 is 0 Å². The molecule has 33 heavy (non-hydrogen) atoms. The van der Waals surface area contributed by atoms with E-state index in [-0.39, 0.29) is 17.2 Å². The Hall–Kier alpha value is -4.07. The van der Waals surface area contributed by atoms with Crippen molar-refractivity contribution < 1.29 is 13.9 Å². The second-order valence-electron chi connectivity index (χ2n) is 8.03. The molecule has 2 aromatic carbocycles. The average molecular weight is 444 g/mol. The maximum absolute atomic E-state index is 13.4. The number of oxazole rings is 1. The van der Waals surface area contributed by atoms with Crippen LogP contribution in [0.4, 0.5) is 0 Å². The van der Waals surface area contributed by atoms with Gasteiger partial charge in [-0.15, -0.1) is 0 Å². The van der Waals surface area contributed by atoms with Gasteiger partial charge in [0.05, 0.1) is 32.4 Å². The number of carbonyl (C=O) groups excluding carboxylic acids is 1. The van der Waals surface area contributed by atoms with Gasteiger partial charge in [-0.25, -0.2) is 9.67 Å². The number of aromatic nitrogens is 3. The van der Waals surface area contributed by atoms with Crippen molar-refractivity contribution in [3.63, 3.8) is 0 Å². The number of rotatable bonds is 6. The molecule has 0 saturated heterocycles. The van der Waals surface area contributed by atoms with Crippen LogP contribution < -0.4 is 10.3 Å². The number of carbonyl (C=O) groups is 1. The number of hydrogen-bond acceptors (Lipinski definition) is 5. The average Bonchev–Trinajstić information content (AvgIpc) is 3.48.